The van der Waals surface area contributed by atoms with Crippen molar-refractivity contribution >= 4 is 17.7 Å². The van der Waals surface area contributed by atoms with Crippen LogP contribution < -0.4 is 10.1 Å². The van der Waals surface area contributed by atoms with Crippen LogP contribution in [0, 0.1) is 0 Å². The van der Waals surface area contributed by atoms with E-state index in [1.165, 1.54) is 11.8 Å². The summed E-state index contributed by atoms with van der Waals surface area (Å²) in [6.45, 7) is 2.27. The normalized spacial score (nSPS) is 11.9. The van der Waals surface area contributed by atoms with Crippen molar-refractivity contribution in [2.75, 3.05) is 25.5 Å². The van der Waals surface area contributed by atoms with Crippen LogP contribution in [0.15, 0.2) is 29.2 Å². The molecule has 0 bridgehead atoms. The first-order valence-corrected chi connectivity index (χ1v) is 7.05. The molecule has 1 aromatic rings. The average molecular weight is 285 g/mol. The Kier molecular flexibility index (Phi) is 7.32. The number of aliphatic hydroxyl groups excluding tert-OH is 2. The predicted molar refractivity (Wildman–Crippen MR) is 74.4 cm³/mol. The van der Waals surface area contributed by atoms with Gasteiger partial charge in [-0.25, -0.2) is 0 Å². The van der Waals surface area contributed by atoms with Gasteiger partial charge in [0.25, 0.3) is 0 Å². The molecule has 1 rings (SSSR count). The second-order valence-corrected chi connectivity index (χ2v) is 4.88. The van der Waals surface area contributed by atoms with Crippen LogP contribution in [0.5, 0.6) is 5.75 Å². The van der Waals surface area contributed by atoms with Crippen molar-refractivity contribution < 1.29 is 19.7 Å². The Bertz CT molecular complexity index is 383. The molecule has 0 heterocycles. The van der Waals surface area contributed by atoms with Crippen LogP contribution in [0.1, 0.15) is 6.92 Å². The molecule has 3 N–H and O–H groups in total. The van der Waals surface area contributed by atoms with Crippen LogP contribution in [-0.2, 0) is 4.79 Å². The summed E-state index contributed by atoms with van der Waals surface area (Å²) in [5, 5.41) is 20.2. The molecule has 1 aromatic carbocycles. The van der Waals surface area contributed by atoms with Crippen LogP contribution in [0.25, 0.3) is 0 Å². The average Bonchev–Trinajstić information content (AvgIpc) is 2.44. The molecule has 1 amide bonds. The molecule has 0 aliphatic rings. The molecule has 0 fully saturated rings. The zero-order valence-electron chi connectivity index (χ0n) is 10.8. The fourth-order valence-electron chi connectivity index (χ4n) is 1.29. The van der Waals surface area contributed by atoms with Gasteiger partial charge in [0.2, 0.25) is 5.91 Å². The third-order valence-electron chi connectivity index (χ3n) is 2.25. The van der Waals surface area contributed by atoms with Gasteiger partial charge in [0, 0.05) is 11.4 Å². The number of carbonyl (C=O) groups is 1. The molecular weight excluding hydrogens is 266 g/mol. The SMILES string of the molecule is CCOc1ccc(SCC(=O)NCC(O)CO)cc1. The summed E-state index contributed by atoms with van der Waals surface area (Å²) < 4.78 is 5.32. The summed E-state index contributed by atoms with van der Waals surface area (Å²) in [5.74, 6) is 0.903. The van der Waals surface area contributed by atoms with Gasteiger partial charge in [-0.15, -0.1) is 11.8 Å². The predicted octanol–water partition coefficient (Wildman–Crippen LogP) is 0.647. The maximum Gasteiger partial charge on any atom is 0.230 e. The number of aliphatic hydroxyl groups is 2. The first-order chi connectivity index (χ1) is 9.15. The van der Waals surface area contributed by atoms with E-state index >= 15 is 0 Å². The molecular formula is C13H19NO4S. The highest BCUT2D eigenvalue weighted by atomic mass is 32.2. The Morgan fingerprint density at radius 3 is 2.68 bits per heavy atom. The van der Waals surface area contributed by atoms with Crippen molar-refractivity contribution in [1.29, 1.82) is 0 Å². The third kappa shape index (κ3) is 6.47. The first kappa shape index (κ1) is 15.8. The number of benzene rings is 1. The summed E-state index contributed by atoms with van der Waals surface area (Å²) in [7, 11) is 0. The minimum Gasteiger partial charge on any atom is -0.494 e. The summed E-state index contributed by atoms with van der Waals surface area (Å²) in [6.07, 6.45) is -0.903. The lowest BCUT2D eigenvalue weighted by Gasteiger charge is -2.09. The number of hydrogen-bond donors (Lipinski definition) is 3. The fourth-order valence-corrected chi connectivity index (χ4v) is 2.02. The van der Waals surface area contributed by atoms with E-state index in [4.69, 9.17) is 14.9 Å². The molecule has 1 atom stereocenters. The molecule has 0 aliphatic heterocycles. The van der Waals surface area contributed by atoms with Gasteiger partial charge in [0.15, 0.2) is 0 Å². The van der Waals surface area contributed by atoms with Crippen LogP contribution in [-0.4, -0.2) is 47.7 Å². The number of hydrogen-bond acceptors (Lipinski definition) is 5. The minimum atomic E-state index is -0.903. The van der Waals surface area contributed by atoms with Crippen molar-refractivity contribution in [3.8, 4) is 5.75 Å². The Hall–Kier alpha value is -1.24. The van der Waals surface area contributed by atoms with Gasteiger partial charge in [-0.05, 0) is 31.2 Å². The largest absolute Gasteiger partial charge is 0.494 e. The molecule has 0 radical (unpaired) electrons. The van der Waals surface area contributed by atoms with Gasteiger partial charge in [-0.1, -0.05) is 0 Å². The van der Waals surface area contributed by atoms with Gasteiger partial charge in [-0.3, -0.25) is 4.79 Å². The van der Waals surface area contributed by atoms with Crippen LogP contribution in [0.4, 0.5) is 0 Å². The quantitative estimate of drug-likeness (QED) is 0.611. The number of nitrogens with one attached hydrogen (secondary N) is 1. The standard InChI is InChI=1S/C13H19NO4S/c1-2-18-11-3-5-12(6-4-11)19-9-13(17)14-7-10(16)8-15/h3-6,10,15-16H,2,7-9H2,1H3,(H,14,17). The van der Waals surface area contributed by atoms with Crippen molar-refractivity contribution in [3.63, 3.8) is 0 Å². The number of amides is 1. The van der Waals surface area contributed by atoms with Crippen molar-refractivity contribution in [1.82, 2.24) is 5.32 Å². The van der Waals surface area contributed by atoms with E-state index in [1.807, 2.05) is 31.2 Å². The van der Waals surface area contributed by atoms with Crippen LogP contribution >= 0.6 is 11.8 Å². The van der Waals surface area contributed by atoms with Crippen molar-refractivity contribution in [3.05, 3.63) is 24.3 Å². The van der Waals surface area contributed by atoms with E-state index in [9.17, 15) is 4.79 Å². The maximum absolute atomic E-state index is 11.5. The smallest absolute Gasteiger partial charge is 0.230 e. The molecule has 0 aliphatic carbocycles. The van der Waals surface area contributed by atoms with Gasteiger partial charge >= 0.3 is 0 Å². The lowest BCUT2D eigenvalue weighted by Crippen LogP contribution is -2.34. The van der Waals surface area contributed by atoms with E-state index in [1.54, 1.807) is 0 Å². The maximum atomic E-state index is 11.5. The summed E-state index contributed by atoms with van der Waals surface area (Å²) in [6, 6.07) is 7.51. The monoisotopic (exact) mass is 285 g/mol. The number of ether oxygens (including phenoxy) is 1. The minimum absolute atomic E-state index is 0.0686. The summed E-state index contributed by atoms with van der Waals surface area (Å²) in [5.41, 5.74) is 0. The third-order valence-corrected chi connectivity index (χ3v) is 3.26. The zero-order valence-corrected chi connectivity index (χ0v) is 11.7. The van der Waals surface area contributed by atoms with Crippen molar-refractivity contribution in [2.24, 2.45) is 0 Å². The Morgan fingerprint density at radius 2 is 2.11 bits per heavy atom. The first-order valence-electron chi connectivity index (χ1n) is 6.07. The number of thioether (sulfide) groups is 1. The molecule has 106 valence electrons. The highest BCUT2D eigenvalue weighted by Gasteiger charge is 2.06. The Balaban J connectivity index is 2.29. The van der Waals surface area contributed by atoms with Crippen molar-refractivity contribution in [2.45, 2.75) is 17.9 Å². The second kappa shape index (κ2) is 8.79. The zero-order chi connectivity index (χ0) is 14.1. The van der Waals surface area contributed by atoms with Crippen LogP contribution in [0.3, 0.4) is 0 Å². The summed E-state index contributed by atoms with van der Waals surface area (Å²) >= 11 is 1.40. The molecule has 0 saturated heterocycles. The highest BCUT2D eigenvalue weighted by molar-refractivity contribution is 8.00. The second-order valence-electron chi connectivity index (χ2n) is 3.83. The number of carbonyl (C=O) groups excluding carboxylic acids is 1. The fraction of sp³-hybridized carbons (Fsp3) is 0.462. The Morgan fingerprint density at radius 1 is 1.42 bits per heavy atom. The van der Waals surface area contributed by atoms with Gasteiger partial charge < -0.3 is 20.3 Å². The molecule has 19 heavy (non-hydrogen) atoms. The number of rotatable bonds is 8. The van der Waals surface area contributed by atoms with Gasteiger partial charge in [-0.2, -0.15) is 0 Å². The van der Waals surface area contributed by atoms with Gasteiger partial charge in [0.05, 0.1) is 25.1 Å². The topological polar surface area (TPSA) is 78.8 Å². The van der Waals surface area contributed by atoms with E-state index in [2.05, 4.69) is 5.32 Å². The molecule has 0 spiro atoms. The van der Waals surface area contributed by atoms with E-state index < -0.39 is 6.10 Å². The molecule has 1 unspecified atom stereocenters. The molecule has 6 heteroatoms. The lowest BCUT2D eigenvalue weighted by atomic mass is 10.3. The molecule has 0 aromatic heterocycles. The van der Waals surface area contributed by atoms with E-state index in [-0.39, 0.29) is 24.8 Å². The Labute approximate surface area is 117 Å². The summed E-state index contributed by atoms with van der Waals surface area (Å²) in [4.78, 5) is 12.4. The van der Waals surface area contributed by atoms with Gasteiger partial charge in [0.1, 0.15) is 5.75 Å². The van der Waals surface area contributed by atoms with Crippen LogP contribution in [0.2, 0.25) is 0 Å². The highest BCUT2D eigenvalue weighted by Crippen LogP contribution is 2.21. The lowest BCUT2D eigenvalue weighted by molar-refractivity contribution is -0.119. The molecule has 5 nitrogen and oxygen atoms in total. The molecule has 0 saturated carbocycles. The van der Waals surface area contributed by atoms with E-state index in [0.29, 0.717) is 6.61 Å². The van der Waals surface area contributed by atoms with E-state index in [0.717, 1.165) is 10.6 Å².